The second-order valence-corrected chi connectivity index (χ2v) is 5.48. The fourth-order valence-electron chi connectivity index (χ4n) is 2.94. The van der Waals surface area contributed by atoms with Gasteiger partial charge in [0, 0.05) is 12.6 Å². The first-order valence-electron chi connectivity index (χ1n) is 7.37. The summed E-state index contributed by atoms with van der Waals surface area (Å²) in [6.07, 6.45) is 5.15. The average Bonchev–Trinajstić information content (AvgIpc) is 2.43. The van der Waals surface area contributed by atoms with Crippen LogP contribution in [0.25, 0.3) is 0 Å². The zero-order valence-electron chi connectivity index (χ0n) is 11.7. The second-order valence-electron chi connectivity index (χ2n) is 5.48. The van der Waals surface area contributed by atoms with Crippen molar-refractivity contribution in [3.63, 3.8) is 0 Å². The number of hydrogen-bond acceptors (Lipinski definition) is 2. The van der Waals surface area contributed by atoms with Crippen LogP contribution in [0.15, 0.2) is 18.2 Å². The van der Waals surface area contributed by atoms with E-state index >= 15 is 0 Å². The van der Waals surface area contributed by atoms with Crippen molar-refractivity contribution in [2.75, 3.05) is 13.2 Å². The highest BCUT2D eigenvalue weighted by molar-refractivity contribution is 5.32. The maximum atomic E-state index is 13.2. The van der Waals surface area contributed by atoms with Crippen LogP contribution in [0, 0.1) is 11.7 Å². The summed E-state index contributed by atoms with van der Waals surface area (Å²) in [6, 6.07) is 5.50. The Morgan fingerprint density at radius 1 is 1.47 bits per heavy atom. The van der Waals surface area contributed by atoms with E-state index in [0.29, 0.717) is 12.0 Å². The van der Waals surface area contributed by atoms with Crippen molar-refractivity contribution in [1.82, 2.24) is 5.32 Å². The van der Waals surface area contributed by atoms with Crippen LogP contribution in [0.5, 0.6) is 0 Å². The van der Waals surface area contributed by atoms with Crippen molar-refractivity contribution >= 4 is 0 Å². The third-order valence-electron chi connectivity index (χ3n) is 4.19. The molecule has 1 aromatic carbocycles. The van der Waals surface area contributed by atoms with Gasteiger partial charge in [-0.3, -0.25) is 0 Å². The van der Waals surface area contributed by atoms with Gasteiger partial charge in [0.25, 0.3) is 0 Å². The minimum Gasteiger partial charge on any atom is -0.396 e. The lowest BCUT2D eigenvalue weighted by Gasteiger charge is -2.28. The van der Waals surface area contributed by atoms with Crippen LogP contribution < -0.4 is 5.32 Å². The van der Waals surface area contributed by atoms with E-state index < -0.39 is 0 Å². The molecular formula is C16H24FNO. The number of rotatable bonds is 6. The van der Waals surface area contributed by atoms with Crippen LogP contribution in [0.2, 0.25) is 0 Å². The third-order valence-corrected chi connectivity index (χ3v) is 4.19. The molecule has 0 saturated heterocycles. The number of hydrogen-bond donors (Lipinski definition) is 2. The molecule has 0 saturated carbocycles. The fraction of sp³-hybridized carbons (Fsp3) is 0.625. The molecule has 0 amide bonds. The second kappa shape index (κ2) is 7.01. The van der Waals surface area contributed by atoms with Crippen molar-refractivity contribution in [2.24, 2.45) is 5.92 Å². The highest BCUT2D eigenvalue weighted by atomic mass is 19.1. The Balaban J connectivity index is 1.99. The molecule has 1 aliphatic rings. The summed E-state index contributed by atoms with van der Waals surface area (Å²) in [5.74, 6) is 0.391. The Bertz CT molecular complexity index is 408. The number of halogens is 1. The average molecular weight is 265 g/mol. The maximum absolute atomic E-state index is 13.2. The molecule has 0 bridgehead atoms. The fourth-order valence-corrected chi connectivity index (χ4v) is 2.94. The predicted molar refractivity (Wildman–Crippen MR) is 75.6 cm³/mol. The molecular weight excluding hydrogens is 241 g/mol. The van der Waals surface area contributed by atoms with Gasteiger partial charge in [-0.05, 0) is 61.4 Å². The highest BCUT2D eigenvalue weighted by Crippen LogP contribution is 2.30. The van der Waals surface area contributed by atoms with Gasteiger partial charge in [-0.1, -0.05) is 19.4 Å². The molecule has 2 nitrogen and oxygen atoms in total. The Labute approximate surface area is 115 Å². The molecule has 2 unspecified atom stereocenters. The molecule has 0 aromatic heterocycles. The van der Waals surface area contributed by atoms with E-state index in [1.807, 2.05) is 6.07 Å². The normalized spacial score (nSPS) is 20.1. The smallest absolute Gasteiger partial charge is 0.123 e. The van der Waals surface area contributed by atoms with E-state index in [2.05, 4.69) is 12.2 Å². The summed E-state index contributed by atoms with van der Waals surface area (Å²) in [6.45, 7) is 3.34. The molecule has 0 heterocycles. The summed E-state index contributed by atoms with van der Waals surface area (Å²) >= 11 is 0. The van der Waals surface area contributed by atoms with Crippen molar-refractivity contribution in [3.05, 3.63) is 35.1 Å². The third kappa shape index (κ3) is 3.77. The van der Waals surface area contributed by atoms with Gasteiger partial charge in [0.2, 0.25) is 0 Å². The lowest BCUT2D eigenvalue weighted by molar-refractivity contribution is 0.247. The molecule has 2 atom stereocenters. The van der Waals surface area contributed by atoms with Crippen molar-refractivity contribution in [3.8, 4) is 0 Å². The van der Waals surface area contributed by atoms with Crippen LogP contribution in [-0.2, 0) is 6.42 Å². The molecule has 2 N–H and O–H groups in total. The topological polar surface area (TPSA) is 32.3 Å². The van der Waals surface area contributed by atoms with E-state index in [4.69, 9.17) is 5.11 Å². The summed E-state index contributed by atoms with van der Waals surface area (Å²) < 4.78 is 13.2. The number of aryl methyl sites for hydroxylation is 1. The number of fused-ring (bicyclic) bond motifs is 1. The molecule has 19 heavy (non-hydrogen) atoms. The Morgan fingerprint density at radius 3 is 3.05 bits per heavy atom. The van der Waals surface area contributed by atoms with Crippen molar-refractivity contribution in [1.29, 1.82) is 0 Å². The quantitative estimate of drug-likeness (QED) is 0.828. The number of benzene rings is 1. The van der Waals surface area contributed by atoms with E-state index in [1.165, 1.54) is 5.56 Å². The van der Waals surface area contributed by atoms with Gasteiger partial charge in [0.1, 0.15) is 5.82 Å². The minimum absolute atomic E-state index is 0.133. The molecule has 1 aliphatic carbocycles. The summed E-state index contributed by atoms with van der Waals surface area (Å²) in [4.78, 5) is 0. The molecule has 106 valence electrons. The largest absolute Gasteiger partial charge is 0.396 e. The Hall–Kier alpha value is -0.930. The van der Waals surface area contributed by atoms with Gasteiger partial charge < -0.3 is 10.4 Å². The maximum Gasteiger partial charge on any atom is 0.123 e. The first-order valence-corrected chi connectivity index (χ1v) is 7.37. The van der Waals surface area contributed by atoms with Crippen molar-refractivity contribution < 1.29 is 9.50 Å². The summed E-state index contributed by atoms with van der Waals surface area (Å²) in [5, 5.41) is 12.6. The van der Waals surface area contributed by atoms with Crippen LogP contribution in [0.4, 0.5) is 4.39 Å². The first-order chi connectivity index (χ1) is 9.24. The zero-order chi connectivity index (χ0) is 13.7. The van der Waals surface area contributed by atoms with Gasteiger partial charge in [0.05, 0.1) is 0 Å². The lowest BCUT2D eigenvalue weighted by Crippen LogP contribution is -2.30. The van der Waals surface area contributed by atoms with E-state index in [1.54, 1.807) is 12.1 Å². The van der Waals surface area contributed by atoms with Crippen LogP contribution >= 0.6 is 0 Å². The molecule has 0 fully saturated rings. The Morgan fingerprint density at radius 2 is 2.32 bits per heavy atom. The standard InChI is InChI=1S/C16H24FNO/c1-2-12(8-9-19)11-18-16-5-3-4-13-10-14(17)6-7-15(13)16/h6-7,10,12,16,18-19H,2-5,8-9,11H2,1H3. The zero-order valence-corrected chi connectivity index (χ0v) is 11.7. The summed E-state index contributed by atoms with van der Waals surface area (Å²) in [7, 11) is 0. The number of aliphatic hydroxyl groups is 1. The molecule has 0 spiro atoms. The van der Waals surface area contributed by atoms with Gasteiger partial charge >= 0.3 is 0 Å². The lowest BCUT2D eigenvalue weighted by atomic mass is 9.87. The van der Waals surface area contributed by atoms with E-state index in [0.717, 1.165) is 44.2 Å². The van der Waals surface area contributed by atoms with Gasteiger partial charge in [0.15, 0.2) is 0 Å². The SMILES string of the molecule is CCC(CCO)CNC1CCCc2cc(F)ccc21. The van der Waals surface area contributed by atoms with E-state index in [-0.39, 0.29) is 12.4 Å². The van der Waals surface area contributed by atoms with Gasteiger partial charge in [-0.15, -0.1) is 0 Å². The molecule has 2 rings (SSSR count). The molecule has 0 aliphatic heterocycles. The number of nitrogens with one attached hydrogen (secondary N) is 1. The monoisotopic (exact) mass is 265 g/mol. The van der Waals surface area contributed by atoms with Gasteiger partial charge in [-0.2, -0.15) is 0 Å². The molecule has 0 radical (unpaired) electrons. The molecule has 3 heteroatoms. The van der Waals surface area contributed by atoms with Gasteiger partial charge in [-0.25, -0.2) is 4.39 Å². The minimum atomic E-state index is -0.133. The van der Waals surface area contributed by atoms with E-state index in [9.17, 15) is 4.39 Å². The molecule has 1 aromatic rings. The highest BCUT2D eigenvalue weighted by Gasteiger charge is 2.20. The van der Waals surface area contributed by atoms with Crippen LogP contribution in [0.1, 0.15) is 49.8 Å². The first kappa shape index (κ1) is 14.5. The van der Waals surface area contributed by atoms with Crippen LogP contribution in [0.3, 0.4) is 0 Å². The predicted octanol–water partition coefficient (Wildman–Crippen LogP) is 3.20. The van der Waals surface area contributed by atoms with Crippen LogP contribution in [-0.4, -0.2) is 18.3 Å². The Kier molecular flexibility index (Phi) is 5.34. The number of aliphatic hydroxyl groups excluding tert-OH is 1. The van der Waals surface area contributed by atoms with Crippen molar-refractivity contribution in [2.45, 2.75) is 45.1 Å². The summed E-state index contributed by atoms with van der Waals surface area (Å²) in [5.41, 5.74) is 2.41.